The number of nitrogens with zero attached hydrogens (tertiary/aromatic N) is 2. The van der Waals surface area contributed by atoms with Crippen molar-refractivity contribution >= 4 is 11.9 Å². The summed E-state index contributed by atoms with van der Waals surface area (Å²) in [7, 11) is 1.58. The van der Waals surface area contributed by atoms with E-state index in [1.807, 2.05) is 12.1 Å². The highest BCUT2D eigenvalue weighted by Crippen LogP contribution is 2.17. The predicted molar refractivity (Wildman–Crippen MR) is 109 cm³/mol. The number of rotatable bonds is 8. The zero-order valence-corrected chi connectivity index (χ0v) is 17.0. The van der Waals surface area contributed by atoms with Crippen LogP contribution in [0.5, 0.6) is 5.75 Å². The van der Waals surface area contributed by atoms with E-state index in [-0.39, 0.29) is 18.0 Å². The third-order valence-corrected chi connectivity index (χ3v) is 4.44. The molecule has 1 saturated heterocycles. The first-order chi connectivity index (χ1) is 13.4. The average Bonchev–Trinajstić information content (AvgIpc) is 2.70. The highest BCUT2D eigenvalue weighted by molar-refractivity contribution is 5.94. The molecule has 1 aliphatic rings. The van der Waals surface area contributed by atoms with Crippen LogP contribution in [-0.2, 0) is 4.74 Å². The van der Waals surface area contributed by atoms with Gasteiger partial charge in [0.15, 0.2) is 0 Å². The number of hydrogen-bond donors (Lipinski definition) is 1. The zero-order valence-electron chi connectivity index (χ0n) is 17.0. The zero-order chi connectivity index (χ0) is 20.5. The molecule has 0 spiro atoms. The summed E-state index contributed by atoms with van der Waals surface area (Å²) in [5.74, 6) is 0.893. The van der Waals surface area contributed by atoms with Crippen molar-refractivity contribution in [3.8, 4) is 5.75 Å². The van der Waals surface area contributed by atoms with Gasteiger partial charge in [-0.15, -0.1) is 6.58 Å². The molecule has 2 rings (SSSR count). The molecule has 3 amide bonds. The maximum atomic E-state index is 13.1. The van der Waals surface area contributed by atoms with Crippen molar-refractivity contribution in [2.45, 2.75) is 20.0 Å². The average molecular weight is 389 g/mol. The Kier molecular flexibility index (Phi) is 8.32. The summed E-state index contributed by atoms with van der Waals surface area (Å²) in [6.45, 7) is 10.7. The van der Waals surface area contributed by atoms with Crippen LogP contribution in [0.3, 0.4) is 0 Å². The predicted octanol–water partition coefficient (Wildman–Crippen LogP) is 2.39. The molecule has 0 radical (unpaired) electrons. The molecular formula is C21H31N3O4. The topological polar surface area (TPSA) is 71.1 Å². The standard InChI is InChI=1S/C21H31N3O4/c1-5-9-22-21(26)23-10-11-28-19(14-23)15-24(13-16(2)3)20(25)17-7-6-8-18(12-17)27-4/h5-8,12,16,19H,1,9-11,13-15H2,2-4H3,(H,22,26). The van der Waals surface area contributed by atoms with E-state index in [1.165, 1.54) is 0 Å². The molecular weight excluding hydrogens is 358 g/mol. The molecule has 28 heavy (non-hydrogen) atoms. The Labute approximate surface area is 167 Å². The van der Waals surface area contributed by atoms with Gasteiger partial charge in [0.25, 0.3) is 5.91 Å². The Morgan fingerprint density at radius 3 is 2.93 bits per heavy atom. The first-order valence-electron chi connectivity index (χ1n) is 9.63. The van der Waals surface area contributed by atoms with Gasteiger partial charge in [-0.05, 0) is 24.1 Å². The van der Waals surface area contributed by atoms with Gasteiger partial charge in [0, 0.05) is 31.7 Å². The van der Waals surface area contributed by atoms with Crippen molar-refractivity contribution < 1.29 is 19.1 Å². The summed E-state index contributed by atoms with van der Waals surface area (Å²) >= 11 is 0. The molecule has 1 heterocycles. The first-order valence-corrected chi connectivity index (χ1v) is 9.63. The molecule has 1 atom stereocenters. The smallest absolute Gasteiger partial charge is 0.317 e. The lowest BCUT2D eigenvalue weighted by atomic mass is 10.1. The van der Waals surface area contributed by atoms with Gasteiger partial charge >= 0.3 is 6.03 Å². The van der Waals surface area contributed by atoms with Gasteiger partial charge in [-0.1, -0.05) is 26.0 Å². The van der Waals surface area contributed by atoms with Gasteiger partial charge in [-0.2, -0.15) is 0 Å². The van der Waals surface area contributed by atoms with Gasteiger partial charge in [0.1, 0.15) is 5.75 Å². The Balaban J connectivity index is 2.07. The van der Waals surface area contributed by atoms with Crippen LogP contribution in [0, 0.1) is 5.92 Å². The third-order valence-electron chi connectivity index (χ3n) is 4.44. The van der Waals surface area contributed by atoms with E-state index < -0.39 is 0 Å². The Hall–Kier alpha value is -2.54. The molecule has 1 fully saturated rings. The fraction of sp³-hybridized carbons (Fsp3) is 0.524. The third kappa shape index (κ3) is 6.27. The number of benzene rings is 1. The van der Waals surface area contributed by atoms with E-state index in [1.54, 1.807) is 35.1 Å². The van der Waals surface area contributed by atoms with Crippen molar-refractivity contribution in [2.24, 2.45) is 5.92 Å². The van der Waals surface area contributed by atoms with Crippen molar-refractivity contribution in [1.82, 2.24) is 15.1 Å². The SMILES string of the molecule is C=CCNC(=O)N1CCOC(CN(CC(C)C)C(=O)c2cccc(OC)c2)C1. The summed E-state index contributed by atoms with van der Waals surface area (Å²) in [6.07, 6.45) is 1.42. The monoisotopic (exact) mass is 389 g/mol. The molecule has 154 valence electrons. The highest BCUT2D eigenvalue weighted by atomic mass is 16.5. The second kappa shape index (κ2) is 10.7. The quantitative estimate of drug-likeness (QED) is 0.693. The van der Waals surface area contributed by atoms with Crippen LogP contribution in [0.1, 0.15) is 24.2 Å². The first kappa shape index (κ1) is 21.8. The summed E-state index contributed by atoms with van der Waals surface area (Å²) in [4.78, 5) is 28.8. The van der Waals surface area contributed by atoms with E-state index in [4.69, 9.17) is 9.47 Å². The number of morpholine rings is 1. The molecule has 1 N–H and O–H groups in total. The van der Waals surface area contributed by atoms with Gasteiger partial charge in [-0.3, -0.25) is 4.79 Å². The van der Waals surface area contributed by atoms with Crippen LogP contribution in [0.2, 0.25) is 0 Å². The maximum Gasteiger partial charge on any atom is 0.317 e. The molecule has 1 aliphatic heterocycles. The van der Waals surface area contributed by atoms with E-state index in [9.17, 15) is 9.59 Å². The number of ether oxygens (including phenoxy) is 2. The molecule has 0 aliphatic carbocycles. The van der Waals surface area contributed by atoms with E-state index in [0.717, 1.165) is 0 Å². The molecule has 0 aromatic heterocycles. The molecule has 7 nitrogen and oxygen atoms in total. The lowest BCUT2D eigenvalue weighted by molar-refractivity contribution is -0.0286. The van der Waals surface area contributed by atoms with Crippen LogP contribution in [-0.4, -0.2) is 74.3 Å². The molecule has 1 aromatic carbocycles. The van der Waals surface area contributed by atoms with Crippen LogP contribution < -0.4 is 10.1 Å². The summed E-state index contributed by atoms with van der Waals surface area (Å²) in [5, 5.41) is 2.79. The Morgan fingerprint density at radius 2 is 2.25 bits per heavy atom. The van der Waals surface area contributed by atoms with Gasteiger partial charge < -0.3 is 24.6 Å². The van der Waals surface area contributed by atoms with Gasteiger partial charge in [-0.25, -0.2) is 4.79 Å². The minimum Gasteiger partial charge on any atom is -0.497 e. The number of carbonyl (C=O) groups is 2. The Morgan fingerprint density at radius 1 is 1.46 bits per heavy atom. The van der Waals surface area contributed by atoms with Crippen LogP contribution in [0.4, 0.5) is 4.79 Å². The summed E-state index contributed by atoms with van der Waals surface area (Å²) < 4.78 is 11.1. The van der Waals surface area contributed by atoms with Gasteiger partial charge in [0.05, 0.1) is 26.4 Å². The van der Waals surface area contributed by atoms with Crippen molar-refractivity contribution in [3.63, 3.8) is 0 Å². The number of methoxy groups -OCH3 is 1. The number of hydrogen-bond acceptors (Lipinski definition) is 4. The van der Waals surface area contributed by atoms with E-state index in [2.05, 4.69) is 25.7 Å². The second-order valence-corrected chi connectivity index (χ2v) is 7.25. The van der Waals surface area contributed by atoms with Crippen molar-refractivity contribution in [2.75, 3.05) is 46.4 Å². The van der Waals surface area contributed by atoms with E-state index in [0.29, 0.717) is 56.6 Å². The van der Waals surface area contributed by atoms with Crippen LogP contribution >= 0.6 is 0 Å². The van der Waals surface area contributed by atoms with Crippen molar-refractivity contribution in [1.29, 1.82) is 0 Å². The second-order valence-electron chi connectivity index (χ2n) is 7.25. The normalized spacial score (nSPS) is 16.6. The highest BCUT2D eigenvalue weighted by Gasteiger charge is 2.28. The molecule has 1 aromatic rings. The lowest BCUT2D eigenvalue weighted by Gasteiger charge is -2.36. The van der Waals surface area contributed by atoms with Crippen LogP contribution in [0.15, 0.2) is 36.9 Å². The molecule has 0 bridgehead atoms. The lowest BCUT2D eigenvalue weighted by Crippen LogP contribution is -2.53. The number of urea groups is 1. The van der Waals surface area contributed by atoms with Crippen LogP contribution in [0.25, 0.3) is 0 Å². The molecule has 0 saturated carbocycles. The number of amides is 3. The van der Waals surface area contributed by atoms with Crippen molar-refractivity contribution in [3.05, 3.63) is 42.5 Å². The minimum absolute atomic E-state index is 0.0653. The maximum absolute atomic E-state index is 13.1. The molecule has 1 unspecified atom stereocenters. The number of carbonyl (C=O) groups excluding carboxylic acids is 2. The fourth-order valence-electron chi connectivity index (χ4n) is 3.15. The largest absolute Gasteiger partial charge is 0.497 e. The summed E-state index contributed by atoms with van der Waals surface area (Å²) in [6, 6.07) is 7.01. The summed E-state index contributed by atoms with van der Waals surface area (Å²) in [5.41, 5.74) is 0.580. The van der Waals surface area contributed by atoms with Gasteiger partial charge in [0.2, 0.25) is 0 Å². The number of nitrogens with one attached hydrogen (secondary N) is 1. The Bertz CT molecular complexity index is 677. The van der Waals surface area contributed by atoms with E-state index >= 15 is 0 Å². The molecule has 7 heteroatoms. The fourth-order valence-corrected chi connectivity index (χ4v) is 3.15. The minimum atomic E-state index is -0.225.